The summed E-state index contributed by atoms with van der Waals surface area (Å²) in [5.41, 5.74) is 7.67. The maximum atomic E-state index is 14.2. The highest BCUT2D eigenvalue weighted by Gasteiger charge is 2.19. The Morgan fingerprint density at radius 1 is 1.26 bits per heavy atom. The lowest BCUT2D eigenvalue weighted by molar-refractivity contribution is 0.624. The number of nitrogens with two attached hydrogens (primary N) is 1. The molecule has 0 atom stereocenters. The van der Waals surface area contributed by atoms with Crippen LogP contribution in [0.2, 0.25) is 0 Å². The van der Waals surface area contributed by atoms with Gasteiger partial charge in [-0.1, -0.05) is 12.1 Å². The maximum Gasteiger partial charge on any atom is 0.154 e. The molecule has 3 rings (SSSR count). The van der Waals surface area contributed by atoms with Crippen molar-refractivity contribution in [3.05, 3.63) is 46.0 Å². The van der Waals surface area contributed by atoms with Crippen molar-refractivity contribution in [2.45, 2.75) is 0 Å². The molecule has 0 unspecified atom stereocenters. The molecule has 0 aliphatic carbocycles. The minimum atomic E-state index is -0.330. The second-order valence-electron chi connectivity index (χ2n) is 3.94. The van der Waals surface area contributed by atoms with Crippen LogP contribution in [0.1, 0.15) is 0 Å². The third-order valence-electron chi connectivity index (χ3n) is 2.78. The predicted octanol–water partition coefficient (Wildman–Crippen LogP) is 4.29. The third kappa shape index (κ3) is 2.06. The number of aromatic nitrogens is 2. The number of aromatic amines is 1. The molecule has 0 saturated heterocycles. The summed E-state index contributed by atoms with van der Waals surface area (Å²) in [7, 11) is 0. The Hall–Kier alpha value is -1.66. The highest BCUT2D eigenvalue weighted by Crippen LogP contribution is 2.38. The largest absolute Gasteiger partial charge is 0.382 e. The molecular formula is C13H9BrFN3S. The summed E-state index contributed by atoms with van der Waals surface area (Å²) in [6, 6.07) is 8.99. The van der Waals surface area contributed by atoms with E-state index in [-0.39, 0.29) is 5.82 Å². The van der Waals surface area contributed by atoms with Gasteiger partial charge in [0.25, 0.3) is 0 Å². The lowest BCUT2D eigenvalue weighted by atomic mass is 10.1. The average Bonchev–Trinajstić information content (AvgIpc) is 3.02. The third-order valence-corrected chi connectivity index (χ3v) is 4.28. The van der Waals surface area contributed by atoms with Crippen LogP contribution in [0.5, 0.6) is 0 Å². The van der Waals surface area contributed by atoms with Crippen molar-refractivity contribution in [2.75, 3.05) is 5.73 Å². The van der Waals surface area contributed by atoms with Crippen LogP contribution in [0, 0.1) is 5.82 Å². The SMILES string of the molecule is Nc1n[nH]c(-c2cccc(Br)c2F)c1-c1cccs1. The number of nitrogens with zero attached hydrogens (tertiary/aromatic N) is 1. The van der Waals surface area contributed by atoms with Crippen LogP contribution in [-0.2, 0) is 0 Å². The number of halogens is 2. The summed E-state index contributed by atoms with van der Waals surface area (Å²) in [6.45, 7) is 0. The van der Waals surface area contributed by atoms with Gasteiger partial charge in [0, 0.05) is 10.4 Å². The number of nitrogens with one attached hydrogen (secondary N) is 1. The first kappa shape index (κ1) is 12.4. The molecule has 1 aromatic carbocycles. The smallest absolute Gasteiger partial charge is 0.154 e. The first-order chi connectivity index (χ1) is 9.18. The second kappa shape index (κ2) is 4.79. The molecule has 0 saturated carbocycles. The van der Waals surface area contributed by atoms with Crippen molar-refractivity contribution in [2.24, 2.45) is 0 Å². The van der Waals surface area contributed by atoms with Gasteiger partial charge in [0.2, 0.25) is 0 Å². The van der Waals surface area contributed by atoms with Crippen LogP contribution in [0.15, 0.2) is 40.2 Å². The molecule has 2 aromatic heterocycles. The lowest BCUT2D eigenvalue weighted by Gasteiger charge is -2.05. The predicted molar refractivity (Wildman–Crippen MR) is 79.4 cm³/mol. The van der Waals surface area contributed by atoms with Crippen LogP contribution in [0.25, 0.3) is 21.7 Å². The standard InChI is InChI=1S/C13H9BrFN3S/c14-8-4-1-3-7(11(8)15)12-10(13(16)18-17-12)9-5-2-6-19-9/h1-6H,(H3,16,17,18). The summed E-state index contributed by atoms with van der Waals surface area (Å²) in [4.78, 5) is 0.959. The molecule has 0 spiro atoms. The van der Waals surface area contributed by atoms with Gasteiger partial charge in [0.15, 0.2) is 5.82 Å². The Morgan fingerprint density at radius 2 is 2.11 bits per heavy atom. The summed E-state index contributed by atoms with van der Waals surface area (Å²) in [6.07, 6.45) is 0. The summed E-state index contributed by atoms with van der Waals surface area (Å²) in [5, 5.41) is 8.76. The number of hydrogen-bond acceptors (Lipinski definition) is 3. The van der Waals surface area contributed by atoms with E-state index in [0.29, 0.717) is 21.5 Å². The van der Waals surface area contributed by atoms with Gasteiger partial charge >= 0.3 is 0 Å². The Morgan fingerprint density at radius 3 is 2.84 bits per heavy atom. The van der Waals surface area contributed by atoms with Crippen molar-refractivity contribution in [1.82, 2.24) is 10.2 Å². The molecule has 0 aliphatic heterocycles. The van der Waals surface area contributed by atoms with Crippen molar-refractivity contribution < 1.29 is 4.39 Å². The monoisotopic (exact) mass is 337 g/mol. The van der Waals surface area contributed by atoms with Gasteiger partial charge in [-0.2, -0.15) is 5.10 Å². The fourth-order valence-electron chi connectivity index (χ4n) is 1.92. The van der Waals surface area contributed by atoms with Gasteiger partial charge in [-0.05, 0) is 39.5 Å². The minimum Gasteiger partial charge on any atom is -0.382 e. The minimum absolute atomic E-state index is 0.330. The summed E-state index contributed by atoms with van der Waals surface area (Å²) >= 11 is 4.73. The molecule has 0 bridgehead atoms. The van der Waals surface area contributed by atoms with E-state index in [4.69, 9.17) is 5.73 Å². The normalized spacial score (nSPS) is 10.8. The van der Waals surface area contributed by atoms with E-state index in [0.717, 1.165) is 10.4 Å². The molecule has 6 heteroatoms. The van der Waals surface area contributed by atoms with E-state index in [9.17, 15) is 4.39 Å². The number of benzene rings is 1. The van der Waals surface area contributed by atoms with Gasteiger partial charge in [0.05, 0.1) is 15.7 Å². The molecule has 96 valence electrons. The first-order valence-electron chi connectivity index (χ1n) is 5.50. The van der Waals surface area contributed by atoms with E-state index < -0.39 is 0 Å². The van der Waals surface area contributed by atoms with Crippen LogP contribution < -0.4 is 5.73 Å². The molecule has 2 heterocycles. The molecule has 0 aliphatic rings. The fraction of sp³-hybridized carbons (Fsp3) is 0. The molecule has 0 radical (unpaired) electrons. The first-order valence-corrected chi connectivity index (χ1v) is 7.18. The van der Waals surface area contributed by atoms with Crippen LogP contribution in [-0.4, -0.2) is 10.2 Å². The van der Waals surface area contributed by atoms with E-state index in [2.05, 4.69) is 26.1 Å². The van der Waals surface area contributed by atoms with Gasteiger partial charge in [0.1, 0.15) is 5.82 Å². The molecule has 0 amide bonds. The van der Waals surface area contributed by atoms with Crippen molar-refractivity contribution in [3.63, 3.8) is 0 Å². The van der Waals surface area contributed by atoms with Gasteiger partial charge < -0.3 is 5.73 Å². The second-order valence-corrected chi connectivity index (χ2v) is 5.74. The lowest BCUT2D eigenvalue weighted by Crippen LogP contribution is -1.89. The highest BCUT2D eigenvalue weighted by molar-refractivity contribution is 9.10. The van der Waals surface area contributed by atoms with Gasteiger partial charge in [-0.25, -0.2) is 4.39 Å². The number of nitrogen functional groups attached to an aromatic ring is 1. The zero-order valence-electron chi connectivity index (χ0n) is 9.65. The summed E-state index contributed by atoms with van der Waals surface area (Å²) < 4.78 is 14.6. The van der Waals surface area contributed by atoms with Crippen molar-refractivity contribution in [3.8, 4) is 21.7 Å². The Balaban J connectivity index is 2.25. The van der Waals surface area contributed by atoms with E-state index in [1.54, 1.807) is 18.2 Å². The van der Waals surface area contributed by atoms with Crippen LogP contribution >= 0.6 is 27.3 Å². The molecule has 19 heavy (non-hydrogen) atoms. The number of thiophene rings is 1. The molecule has 3 N–H and O–H groups in total. The Kier molecular flexibility index (Phi) is 3.12. The van der Waals surface area contributed by atoms with Gasteiger partial charge in [-0.3, -0.25) is 5.10 Å². The zero-order chi connectivity index (χ0) is 13.4. The number of H-pyrrole nitrogens is 1. The molecule has 3 nitrogen and oxygen atoms in total. The number of hydrogen-bond donors (Lipinski definition) is 2. The molecule has 3 aromatic rings. The van der Waals surface area contributed by atoms with Gasteiger partial charge in [-0.15, -0.1) is 11.3 Å². The van der Waals surface area contributed by atoms with Crippen molar-refractivity contribution >= 4 is 33.1 Å². The molecular weight excluding hydrogens is 329 g/mol. The molecule has 0 fully saturated rings. The van der Waals surface area contributed by atoms with Crippen LogP contribution in [0.4, 0.5) is 10.2 Å². The van der Waals surface area contributed by atoms with E-state index >= 15 is 0 Å². The fourth-order valence-corrected chi connectivity index (χ4v) is 3.07. The average molecular weight is 338 g/mol. The topological polar surface area (TPSA) is 54.7 Å². The summed E-state index contributed by atoms with van der Waals surface area (Å²) in [5.74, 6) is 0.0424. The zero-order valence-corrected chi connectivity index (χ0v) is 12.1. The highest BCUT2D eigenvalue weighted by atomic mass is 79.9. The Labute approximate surface area is 121 Å². The number of rotatable bonds is 2. The van der Waals surface area contributed by atoms with Crippen LogP contribution in [0.3, 0.4) is 0 Å². The van der Waals surface area contributed by atoms with Crippen molar-refractivity contribution in [1.29, 1.82) is 0 Å². The number of anilines is 1. The van der Waals surface area contributed by atoms with E-state index in [1.807, 2.05) is 17.5 Å². The Bertz CT molecular complexity index is 722. The maximum absolute atomic E-state index is 14.2. The quantitative estimate of drug-likeness (QED) is 0.732. The van der Waals surface area contributed by atoms with E-state index in [1.165, 1.54) is 11.3 Å².